The Morgan fingerprint density at radius 3 is 3.00 bits per heavy atom. The first kappa shape index (κ1) is 9.85. The van der Waals surface area contributed by atoms with Crippen molar-refractivity contribution in [3.8, 4) is 5.75 Å². The zero-order valence-corrected chi connectivity index (χ0v) is 8.71. The predicted molar refractivity (Wildman–Crippen MR) is 57.7 cm³/mol. The Bertz CT molecular complexity index is 509. The van der Waals surface area contributed by atoms with Crippen LogP contribution < -0.4 is 4.84 Å². The highest BCUT2D eigenvalue weighted by molar-refractivity contribution is 7.98. The van der Waals surface area contributed by atoms with Gasteiger partial charge in [-0.1, -0.05) is 6.07 Å². The highest BCUT2D eigenvalue weighted by Crippen LogP contribution is 2.33. The summed E-state index contributed by atoms with van der Waals surface area (Å²) in [5.74, 6) is 0.267. The Kier molecular flexibility index (Phi) is 2.51. The van der Waals surface area contributed by atoms with Gasteiger partial charge in [0, 0.05) is 22.0 Å². The van der Waals surface area contributed by atoms with Crippen LogP contribution in [0.2, 0.25) is 0 Å². The molecule has 0 spiro atoms. The van der Waals surface area contributed by atoms with Crippen molar-refractivity contribution in [3.05, 3.63) is 34.5 Å². The summed E-state index contributed by atoms with van der Waals surface area (Å²) in [5.41, 5.74) is 0.832. The van der Waals surface area contributed by atoms with E-state index in [1.165, 1.54) is 11.8 Å². The number of H-pyrrole nitrogens is 1. The monoisotopic (exact) mass is 224 g/mol. The Morgan fingerprint density at radius 1 is 1.53 bits per heavy atom. The maximum atomic E-state index is 10.3. The molecule has 1 heterocycles. The minimum Gasteiger partial charge on any atom is -0.360 e. The van der Waals surface area contributed by atoms with E-state index in [0.29, 0.717) is 0 Å². The van der Waals surface area contributed by atoms with Gasteiger partial charge in [0.15, 0.2) is 0 Å². The van der Waals surface area contributed by atoms with Crippen molar-refractivity contribution < 1.29 is 9.92 Å². The van der Waals surface area contributed by atoms with Crippen LogP contribution in [0.1, 0.15) is 0 Å². The highest BCUT2D eigenvalue weighted by atomic mass is 32.2. The van der Waals surface area contributed by atoms with E-state index in [1.54, 1.807) is 12.1 Å². The average Bonchev–Trinajstić information content (AvgIpc) is 2.61. The quantitative estimate of drug-likeness (QED) is 0.494. The van der Waals surface area contributed by atoms with Crippen molar-refractivity contribution in [3.63, 3.8) is 0 Å². The average molecular weight is 224 g/mol. The van der Waals surface area contributed by atoms with Crippen LogP contribution in [0.3, 0.4) is 0 Å². The summed E-state index contributed by atoms with van der Waals surface area (Å²) in [4.78, 5) is 18.8. The summed E-state index contributed by atoms with van der Waals surface area (Å²) >= 11 is 1.51. The molecule has 0 amide bonds. The Hall–Kier alpha value is -1.69. The molecular weight excluding hydrogens is 216 g/mol. The number of rotatable bonds is 3. The molecule has 1 aromatic heterocycles. The number of aromatic nitrogens is 1. The first-order valence-corrected chi connectivity index (χ1v) is 5.41. The van der Waals surface area contributed by atoms with Gasteiger partial charge in [0.05, 0.1) is 0 Å². The van der Waals surface area contributed by atoms with Crippen LogP contribution in [0.5, 0.6) is 5.75 Å². The fourth-order valence-corrected chi connectivity index (χ4v) is 2.03. The topological polar surface area (TPSA) is 68.2 Å². The Balaban J connectivity index is 2.61. The molecule has 1 aromatic carbocycles. The number of nitrogens with one attached hydrogen (secondary N) is 1. The molecule has 5 nitrogen and oxygen atoms in total. The third kappa shape index (κ3) is 1.75. The van der Waals surface area contributed by atoms with E-state index in [9.17, 15) is 10.1 Å². The lowest BCUT2D eigenvalue weighted by Gasteiger charge is -2.01. The van der Waals surface area contributed by atoms with Gasteiger partial charge in [0.25, 0.3) is 5.09 Å². The van der Waals surface area contributed by atoms with Gasteiger partial charge in [-0.15, -0.1) is 21.9 Å². The van der Waals surface area contributed by atoms with Crippen molar-refractivity contribution in [1.29, 1.82) is 0 Å². The lowest BCUT2D eigenvalue weighted by Crippen LogP contribution is -2.03. The molecule has 0 bridgehead atoms. The third-order valence-electron chi connectivity index (χ3n) is 2.02. The van der Waals surface area contributed by atoms with Gasteiger partial charge >= 0.3 is 0 Å². The maximum Gasteiger partial charge on any atom is 0.299 e. The third-order valence-corrected chi connectivity index (χ3v) is 2.79. The van der Waals surface area contributed by atoms with Crippen LogP contribution in [-0.2, 0) is 0 Å². The van der Waals surface area contributed by atoms with Crippen molar-refractivity contribution in [2.75, 3.05) is 6.26 Å². The van der Waals surface area contributed by atoms with Gasteiger partial charge in [0.1, 0.15) is 5.75 Å². The van der Waals surface area contributed by atoms with Gasteiger partial charge in [-0.05, 0) is 18.4 Å². The summed E-state index contributed by atoms with van der Waals surface area (Å²) in [6.07, 6.45) is 3.72. The Labute approximate surface area is 89.5 Å². The second kappa shape index (κ2) is 3.82. The number of hydrogen-bond donors (Lipinski definition) is 1. The summed E-state index contributed by atoms with van der Waals surface area (Å²) in [6.45, 7) is 0. The minimum absolute atomic E-state index is 0.267. The van der Waals surface area contributed by atoms with Gasteiger partial charge in [0.2, 0.25) is 0 Å². The molecular formula is C9H8N2O3S. The van der Waals surface area contributed by atoms with E-state index in [0.717, 1.165) is 15.8 Å². The molecule has 0 fully saturated rings. The van der Waals surface area contributed by atoms with E-state index in [-0.39, 0.29) is 5.75 Å². The molecule has 2 aromatic rings. The van der Waals surface area contributed by atoms with E-state index < -0.39 is 5.09 Å². The first-order chi connectivity index (χ1) is 7.22. The molecule has 0 aliphatic rings. The standard InChI is InChI=1S/C9H8N2O3S/c1-15-8-5-10-6-3-2-4-7(9(6)8)14-11(12)13/h2-5,10H,1H3. The molecule has 0 unspecified atom stereocenters. The van der Waals surface area contributed by atoms with Crippen molar-refractivity contribution in [1.82, 2.24) is 4.98 Å². The molecule has 0 aliphatic heterocycles. The number of fused-ring (bicyclic) bond motifs is 1. The molecule has 0 radical (unpaired) electrons. The van der Waals surface area contributed by atoms with Crippen molar-refractivity contribution in [2.24, 2.45) is 0 Å². The number of thioether (sulfide) groups is 1. The zero-order chi connectivity index (χ0) is 10.8. The second-order valence-electron chi connectivity index (χ2n) is 2.85. The van der Waals surface area contributed by atoms with E-state index >= 15 is 0 Å². The lowest BCUT2D eigenvalue weighted by molar-refractivity contribution is -0.710. The van der Waals surface area contributed by atoms with Crippen LogP contribution >= 0.6 is 11.8 Å². The Morgan fingerprint density at radius 2 is 2.33 bits per heavy atom. The number of benzene rings is 1. The molecule has 0 atom stereocenters. The van der Waals surface area contributed by atoms with Crippen molar-refractivity contribution in [2.45, 2.75) is 4.90 Å². The fourth-order valence-electron chi connectivity index (χ4n) is 1.44. The molecule has 1 N–H and O–H groups in total. The van der Waals surface area contributed by atoms with Crippen LogP contribution in [0.15, 0.2) is 29.3 Å². The number of aromatic amines is 1. The van der Waals surface area contributed by atoms with Crippen LogP contribution in [-0.4, -0.2) is 16.3 Å². The predicted octanol–water partition coefficient (Wildman–Crippen LogP) is 2.46. The van der Waals surface area contributed by atoms with Gasteiger partial charge < -0.3 is 4.98 Å². The van der Waals surface area contributed by atoms with Crippen LogP contribution in [0.25, 0.3) is 10.9 Å². The van der Waals surface area contributed by atoms with Crippen LogP contribution in [0, 0.1) is 10.1 Å². The summed E-state index contributed by atoms with van der Waals surface area (Å²) < 4.78 is 0. The van der Waals surface area contributed by atoms with Crippen LogP contribution in [0.4, 0.5) is 0 Å². The number of nitrogens with zero attached hydrogens (tertiary/aromatic N) is 1. The smallest absolute Gasteiger partial charge is 0.299 e. The molecule has 6 heteroatoms. The SMILES string of the molecule is CSc1c[nH]c2cccc(O[N+](=O)[O-])c12. The second-order valence-corrected chi connectivity index (χ2v) is 3.70. The lowest BCUT2D eigenvalue weighted by atomic mass is 10.2. The largest absolute Gasteiger partial charge is 0.360 e. The van der Waals surface area contributed by atoms with Crippen molar-refractivity contribution >= 4 is 22.7 Å². The normalized spacial score (nSPS) is 10.5. The molecule has 2 rings (SSSR count). The van der Waals surface area contributed by atoms with Gasteiger partial charge in [-0.2, -0.15) is 0 Å². The highest BCUT2D eigenvalue weighted by Gasteiger charge is 2.10. The first-order valence-electron chi connectivity index (χ1n) is 4.19. The van der Waals surface area contributed by atoms with E-state index in [1.807, 2.05) is 18.5 Å². The molecule has 0 saturated carbocycles. The minimum atomic E-state index is -0.800. The molecule has 78 valence electrons. The zero-order valence-electron chi connectivity index (χ0n) is 7.89. The van der Waals surface area contributed by atoms with Gasteiger partial charge in [-0.3, -0.25) is 4.84 Å². The summed E-state index contributed by atoms with van der Waals surface area (Å²) in [6, 6.07) is 5.14. The fraction of sp³-hybridized carbons (Fsp3) is 0.111. The molecule has 0 saturated heterocycles. The van der Waals surface area contributed by atoms with Gasteiger partial charge in [-0.25, -0.2) is 0 Å². The van der Waals surface area contributed by atoms with E-state index in [4.69, 9.17) is 0 Å². The molecule has 15 heavy (non-hydrogen) atoms. The van der Waals surface area contributed by atoms with E-state index in [2.05, 4.69) is 9.82 Å². The summed E-state index contributed by atoms with van der Waals surface area (Å²) in [5, 5.41) is 10.3. The maximum absolute atomic E-state index is 10.3. The molecule has 0 aliphatic carbocycles. The summed E-state index contributed by atoms with van der Waals surface area (Å²) in [7, 11) is 0. The number of hydrogen-bond acceptors (Lipinski definition) is 4.